The fraction of sp³-hybridized carbons (Fsp3) is 0.0625. The third kappa shape index (κ3) is 5.39. The van der Waals surface area contributed by atoms with Crippen LogP contribution in [0, 0.1) is 5.92 Å². The van der Waals surface area contributed by atoms with Gasteiger partial charge in [0, 0.05) is 28.8 Å². The van der Waals surface area contributed by atoms with E-state index >= 15 is 0 Å². The first-order valence-corrected chi connectivity index (χ1v) is 22.9. The smallest absolute Gasteiger partial charge is 0.0734 e. The Balaban J connectivity index is 1.08. The molecule has 2 atom stereocenters. The molecule has 2 unspecified atom stereocenters. The van der Waals surface area contributed by atoms with E-state index in [4.69, 9.17) is 0 Å². The number of hydrogen-bond donors (Lipinski definition) is 0. The van der Waals surface area contributed by atoms with Crippen molar-refractivity contribution < 1.29 is 0 Å². The molecular formula is C64H45N. The SMILES string of the molecule is C1=CC2C=Cc3cc(N(c4ccc(C5(c6ccccc6)c6ccccc6-c6ccccc65)cc4)c4cccc5c4C(c4ccccc4)(c4ccccc4)c4ccccc4-5)ccc3C2C=C1. The largest absolute Gasteiger partial charge is 0.310 e. The molecule has 0 spiro atoms. The molecule has 9 aromatic rings. The predicted molar refractivity (Wildman–Crippen MR) is 269 cm³/mol. The van der Waals surface area contributed by atoms with Crippen LogP contribution < -0.4 is 4.90 Å². The molecule has 0 saturated carbocycles. The Hall–Kier alpha value is -8.00. The second-order valence-corrected chi connectivity index (χ2v) is 17.9. The lowest BCUT2D eigenvalue weighted by Gasteiger charge is -2.38. The number of allylic oxidation sites excluding steroid dienone is 5. The van der Waals surface area contributed by atoms with Gasteiger partial charge in [-0.2, -0.15) is 0 Å². The van der Waals surface area contributed by atoms with E-state index in [1.165, 1.54) is 77.9 Å². The van der Waals surface area contributed by atoms with Gasteiger partial charge in [-0.1, -0.05) is 231 Å². The summed E-state index contributed by atoms with van der Waals surface area (Å²) in [5.74, 6) is 0.699. The summed E-state index contributed by atoms with van der Waals surface area (Å²) in [6.07, 6.45) is 13.8. The van der Waals surface area contributed by atoms with Gasteiger partial charge in [-0.25, -0.2) is 0 Å². The first-order chi connectivity index (χ1) is 32.3. The summed E-state index contributed by atoms with van der Waals surface area (Å²) in [5.41, 5.74) is 20.3. The first kappa shape index (κ1) is 37.5. The molecule has 0 aromatic heterocycles. The van der Waals surface area contributed by atoms with E-state index in [0.29, 0.717) is 11.8 Å². The number of anilines is 3. The molecule has 65 heavy (non-hydrogen) atoms. The Labute approximate surface area is 381 Å². The molecule has 1 heteroatoms. The van der Waals surface area contributed by atoms with Gasteiger partial charge in [-0.05, 0) is 103 Å². The Morgan fingerprint density at radius 3 is 1.45 bits per heavy atom. The van der Waals surface area contributed by atoms with Crippen LogP contribution in [0.3, 0.4) is 0 Å². The van der Waals surface area contributed by atoms with Gasteiger partial charge in [0.1, 0.15) is 0 Å². The molecule has 0 bridgehead atoms. The van der Waals surface area contributed by atoms with Crippen LogP contribution in [-0.2, 0) is 10.8 Å². The fourth-order valence-electron chi connectivity index (χ4n) is 12.2. The Morgan fingerprint density at radius 2 is 0.831 bits per heavy atom. The quantitative estimate of drug-likeness (QED) is 0.155. The Bertz CT molecular complexity index is 3290. The van der Waals surface area contributed by atoms with E-state index in [1.807, 2.05) is 0 Å². The highest BCUT2D eigenvalue weighted by Crippen LogP contribution is 2.61. The van der Waals surface area contributed by atoms with Crippen molar-refractivity contribution in [1.29, 1.82) is 0 Å². The first-order valence-electron chi connectivity index (χ1n) is 22.9. The zero-order valence-corrected chi connectivity index (χ0v) is 35.9. The monoisotopic (exact) mass is 827 g/mol. The summed E-state index contributed by atoms with van der Waals surface area (Å²) in [7, 11) is 0. The highest BCUT2D eigenvalue weighted by atomic mass is 15.1. The minimum atomic E-state index is -0.585. The van der Waals surface area contributed by atoms with Gasteiger partial charge in [0.05, 0.1) is 16.5 Å². The summed E-state index contributed by atoms with van der Waals surface area (Å²) < 4.78 is 0. The van der Waals surface area contributed by atoms with Crippen molar-refractivity contribution >= 4 is 23.1 Å². The molecule has 0 heterocycles. The molecule has 4 aliphatic rings. The number of rotatable bonds is 7. The molecule has 4 aliphatic carbocycles. The lowest BCUT2D eigenvalue weighted by atomic mass is 9.67. The van der Waals surface area contributed by atoms with E-state index < -0.39 is 10.8 Å². The van der Waals surface area contributed by atoms with Crippen LogP contribution in [0.5, 0.6) is 0 Å². The van der Waals surface area contributed by atoms with Gasteiger partial charge in [-0.15, -0.1) is 0 Å². The van der Waals surface area contributed by atoms with Crippen molar-refractivity contribution in [1.82, 2.24) is 0 Å². The zero-order chi connectivity index (χ0) is 43.0. The molecule has 0 N–H and O–H groups in total. The molecule has 0 saturated heterocycles. The molecule has 0 fully saturated rings. The number of hydrogen-bond acceptors (Lipinski definition) is 1. The number of nitrogens with zero attached hydrogens (tertiary/aromatic N) is 1. The van der Waals surface area contributed by atoms with Crippen LogP contribution in [0.4, 0.5) is 17.1 Å². The second kappa shape index (κ2) is 14.8. The van der Waals surface area contributed by atoms with Gasteiger partial charge in [0.25, 0.3) is 0 Å². The lowest BCUT2D eigenvalue weighted by Crippen LogP contribution is -2.30. The highest BCUT2D eigenvalue weighted by molar-refractivity contribution is 5.95. The Kier molecular flexibility index (Phi) is 8.55. The summed E-state index contributed by atoms with van der Waals surface area (Å²) in [6, 6.07) is 84.2. The van der Waals surface area contributed by atoms with Crippen molar-refractivity contribution in [2.24, 2.45) is 5.92 Å². The third-order valence-corrected chi connectivity index (χ3v) is 14.8. The van der Waals surface area contributed by atoms with Gasteiger partial charge in [0.2, 0.25) is 0 Å². The predicted octanol–water partition coefficient (Wildman–Crippen LogP) is 15.7. The van der Waals surface area contributed by atoms with Crippen molar-refractivity contribution in [3.8, 4) is 22.3 Å². The molecule has 0 radical (unpaired) electrons. The summed E-state index contributed by atoms with van der Waals surface area (Å²) >= 11 is 0. The molecular weight excluding hydrogens is 783 g/mol. The van der Waals surface area contributed by atoms with Gasteiger partial charge in [-0.3, -0.25) is 0 Å². The van der Waals surface area contributed by atoms with E-state index in [1.54, 1.807) is 0 Å². The van der Waals surface area contributed by atoms with Crippen LogP contribution in [0.15, 0.2) is 255 Å². The van der Waals surface area contributed by atoms with Gasteiger partial charge >= 0.3 is 0 Å². The maximum Gasteiger partial charge on any atom is 0.0734 e. The number of fused-ring (bicyclic) bond motifs is 9. The minimum Gasteiger partial charge on any atom is -0.310 e. The Morgan fingerprint density at radius 1 is 0.354 bits per heavy atom. The topological polar surface area (TPSA) is 3.24 Å². The molecule has 306 valence electrons. The van der Waals surface area contributed by atoms with Crippen LogP contribution in [0.25, 0.3) is 28.3 Å². The van der Waals surface area contributed by atoms with Gasteiger partial charge in [0.15, 0.2) is 0 Å². The van der Waals surface area contributed by atoms with Crippen LogP contribution in [-0.4, -0.2) is 0 Å². The van der Waals surface area contributed by atoms with Crippen molar-refractivity contribution in [2.45, 2.75) is 16.7 Å². The maximum absolute atomic E-state index is 2.54. The van der Waals surface area contributed by atoms with Crippen LogP contribution in [0.1, 0.15) is 61.6 Å². The molecule has 13 rings (SSSR count). The van der Waals surface area contributed by atoms with Gasteiger partial charge < -0.3 is 4.90 Å². The zero-order valence-electron chi connectivity index (χ0n) is 35.9. The molecule has 0 amide bonds. The summed E-state index contributed by atoms with van der Waals surface area (Å²) in [5, 5.41) is 0. The van der Waals surface area contributed by atoms with E-state index in [-0.39, 0.29) is 0 Å². The van der Waals surface area contributed by atoms with Crippen LogP contribution >= 0.6 is 0 Å². The number of benzene rings is 9. The third-order valence-electron chi connectivity index (χ3n) is 14.8. The summed E-state index contributed by atoms with van der Waals surface area (Å²) in [4.78, 5) is 2.54. The second-order valence-electron chi connectivity index (χ2n) is 17.9. The summed E-state index contributed by atoms with van der Waals surface area (Å²) in [6.45, 7) is 0. The maximum atomic E-state index is 2.54. The fourth-order valence-corrected chi connectivity index (χ4v) is 12.2. The van der Waals surface area contributed by atoms with Crippen molar-refractivity contribution in [3.63, 3.8) is 0 Å². The van der Waals surface area contributed by atoms with E-state index in [2.05, 4.69) is 266 Å². The molecule has 0 aliphatic heterocycles. The molecule has 1 nitrogen and oxygen atoms in total. The van der Waals surface area contributed by atoms with Crippen molar-refractivity contribution in [3.05, 3.63) is 310 Å². The lowest BCUT2D eigenvalue weighted by molar-refractivity contribution is 0.692. The molecule has 9 aromatic carbocycles. The minimum absolute atomic E-state index is 0.326. The average molecular weight is 828 g/mol. The highest BCUT2D eigenvalue weighted by Gasteiger charge is 2.49. The average Bonchev–Trinajstić information content (AvgIpc) is 3.87. The standard InChI is InChI=1S/C64H45N/c1-4-20-46(21-5-1)63(58-31-15-12-27-54(58)55-28-13-16-32-59(55)63)49-37-39-50(40-38-49)65(51-41-42-53-45(43-51)36-35-44-19-10-11-26-52(44)53)61-34-18-30-57-56-29-14-17-33-60(56)64(62(57)61,47-22-6-2-7-23-47)48-24-8-3-9-25-48/h1-44,52H. The normalized spacial score (nSPS) is 17.3. The van der Waals surface area contributed by atoms with Crippen LogP contribution in [0.2, 0.25) is 0 Å². The van der Waals surface area contributed by atoms with E-state index in [9.17, 15) is 0 Å². The van der Waals surface area contributed by atoms with Crippen molar-refractivity contribution in [2.75, 3.05) is 4.90 Å². The van der Waals surface area contributed by atoms with E-state index in [0.717, 1.165) is 17.1 Å².